The topological polar surface area (TPSA) is 86.5 Å². The summed E-state index contributed by atoms with van der Waals surface area (Å²) in [7, 11) is 0. The number of Topliss-reactive ketones (excluding diaryl/α,β-unsaturated/α-hetero) is 1. The monoisotopic (exact) mass is 483 g/mol. The van der Waals surface area contributed by atoms with Gasteiger partial charge in [-0.25, -0.2) is 9.78 Å². The molecule has 184 valence electrons. The predicted octanol–water partition coefficient (Wildman–Crippen LogP) is 5.92. The van der Waals surface area contributed by atoms with Gasteiger partial charge in [-0.05, 0) is 88.4 Å². The van der Waals surface area contributed by atoms with Crippen LogP contribution in [0, 0.1) is 48.5 Å². The Morgan fingerprint density at radius 1 is 0.778 bits per heavy atom. The number of carbonyl (C=O) groups is 2. The van der Waals surface area contributed by atoms with Gasteiger partial charge >= 0.3 is 11.6 Å². The highest BCUT2D eigenvalue weighted by molar-refractivity contribution is 6.14. The largest absolute Gasteiger partial charge is 0.425 e. The van der Waals surface area contributed by atoms with Crippen LogP contribution in [-0.2, 0) is 4.79 Å². The third kappa shape index (κ3) is 4.71. The molecule has 0 saturated heterocycles. The molecule has 0 radical (unpaired) electrons. The molecular formula is C30H29NO5. The van der Waals surface area contributed by atoms with Crippen LogP contribution in [0.4, 0.5) is 0 Å². The first-order valence-corrected chi connectivity index (χ1v) is 11.8. The fourth-order valence-corrected chi connectivity index (χ4v) is 4.85. The highest BCUT2D eigenvalue weighted by atomic mass is 16.5. The first-order valence-electron chi connectivity index (χ1n) is 11.8. The number of aryl methyl sites for hydroxylation is 7. The van der Waals surface area contributed by atoms with Gasteiger partial charge in [-0.2, -0.15) is 0 Å². The van der Waals surface area contributed by atoms with Gasteiger partial charge in [0.15, 0.2) is 17.3 Å². The highest BCUT2D eigenvalue weighted by Gasteiger charge is 2.37. The smallest absolute Gasteiger partial charge is 0.359 e. The summed E-state index contributed by atoms with van der Waals surface area (Å²) in [6.07, 6.45) is 0. The molecule has 4 rings (SSSR count). The molecule has 36 heavy (non-hydrogen) atoms. The van der Waals surface area contributed by atoms with Crippen molar-refractivity contribution in [1.82, 2.24) is 4.98 Å². The summed E-state index contributed by atoms with van der Waals surface area (Å²) in [6.45, 7) is 13.0. The van der Waals surface area contributed by atoms with E-state index < -0.39 is 23.3 Å². The number of nitrogens with zero attached hydrogens (tertiary/aromatic N) is 1. The molecule has 0 spiro atoms. The number of benzene rings is 3. The Balaban J connectivity index is 1.91. The van der Waals surface area contributed by atoms with E-state index in [1.54, 1.807) is 18.2 Å². The van der Waals surface area contributed by atoms with Crippen LogP contribution < -0.4 is 10.4 Å². The van der Waals surface area contributed by atoms with E-state index in [1.807, 2.05) is 72.7 Å². The molecule has 4 aromatic rings. The molecule has 0 aliphatic carbocycles. The minimum atomic E-state index is -1.59. The van der Waals surface area contributed by atoms with Crippen molar-refractivity contribution in [2.24, 2.45) is 0 Å². The molecule has 0 N–H and O–H groups in total. The second-order valence-electron chi connectivity index (χ2n) is 9.58. The average Bonchev–Trinajstić information content (AvgIpc) is 2.76. The maximum Gasteiger partial charge on any atom is 0.359 e. The summed E-state index contributed by atoms with van der Waals surface area (Å²) in [6, 6.07) is 12.7. The fourth-order valence-electron chi connectivity index (χ4n) is 4.85. The summed E-state index contributed by atoms with van der Waals surface area (Å²) in [4.78, 5) is 45.2. The third-order valence-electron chi connectivity index (χ3n) is 6.27. The van der Waals surface area contributed by atoms with E-state index in [9.17, 15) is 14.4 Å². The molecule has 0 fully saturated rings. The van der Waals surface area contributed by atoms with E-state index in [4.69, 9.17) is 9.15 Å². The molecular weight excluding hydrogens is 454 g/mol. The van der Waals surface area contributed by atoms with Gasteiger partial charge in [-0.15, -0.1) is 0 Å². The van der Waals surface area contributed by atoms with Crippen LogP contribution in [0.1, 0.15) is 60.9 Å². The number of carbonyl (C=O) groups excluding carboxylic acids is 2. The maximum absolute atomic E-state index is 14.0. The van der Waals surface area contributed by atoms with Crippen molar-refractivity contribution in [3.8, 4) is 5.75 Å². The van der Waals surface area contributed by atoms with Crippen molar-refractivity contribution in [2.75, 3.05) is 0 Å². The summed E-state index contributed by atoms with van der Waals surface area (Å²) < 4.78 is 11.3. The van der Waals surface area contributed by atoms with Gasteiger partial charge < -0.3 is 9.15 Å². The Morgan fingerprint density at radius 2 is 1.33 bits per heavy atom. The van der Waals surface area contributed by atoms with Crippen LogP contribution >= 0.6 is 0 Å². The van der Waals surface area contributed by atoms with E-state index in [0.29, 0.717) is 28.0 Å². The Bertz CT molecular complexity index is 1550. The molecule has 1 unspecified atom stereocenters. The molecule has 1 heterocycles. The molecule has 0 aliphatic heterocycles. The van der Waals surface area contributed by atoms with Gasteiger partial charge in [-0.3, -0.25) is 9.59 Å². The summed E-state index contributed by atoms with van der Waals surface area (Å²) in [5, 5.41) is 0. The average molecular weight is 484 g/mol. The number of ketones is 1. The molecule has 0 bridgehead atoms. The summed E-state index contributed by atoms with van der Waals surface area (Å²) >= 11 is 0. The van der Waals surface area contributed by atoms with Crippen molar-refractivity contribution in [2.45, 2.75) is 54.4 Å². The van der Waals surface area contributed by atoms with Crippen LogP contribution in [0.3, 0.4) is 0 Å². The first-order chi connectivity index (χ1) is 17.0. The number of hydrogen-bond acceptors (Lipinski definition) is 6. The van der Waals surface area contributed by atoms with Crippen LogP contribution in [0.5, 0.6) is 5.75 Å². The molecule has 1 aromatic heterocycles. The second kappa shape index (κ2) is 9.53. The molecule has 3 aromatic carbocycles. The van der Waals surface area contributed by atoms with Crippen molar-refractivity contribution >= 4 is 22.9 Å². The molecule has 0 aliphatic rings. The summed E-state index contributed by atoms with van der Waals surface area (Å²) in [5.41, 5.74) is 5.73. The molecule has 0 amide bonds. The lowest BCUT2D eigenvalue weighted by Crippen LogP contribution is -2.32. The van der Waals surface area contributed by atoms with Crippen molar-refractivity contribution in [1.29, 1.82) is 0 Å². The number of ether oxygens (including phenoxy) is 1. The van der Waals surface area contributed by atoms with Gasteiger partial charge in [0.2, 0.25) is 0 Å². The van der Waals surface area contributed by atoms with E-state index in [2.05, 4.69) is 4.98 Å². The van der Waals surface area contributed by atoms with Gasteiger partial charge in [-0.1, -0.05) is 41.5 Å². The SMILES string of the molecule is Cc1cc(C)c(OC(=O)C(C(=O)c2c(C)cc(C)cc2C)c2nc3cc(C)ccc3oc2=O)c(C)c1. The highest BCUT2D eigenvalue weighted by Crippen LogP contribution is 2.30. The molecule has 0 saturated carbocycles. The number of rotatable bonds is 5. The lowest BCUT2D eigenvalue weighted by Gasteiger charge is -2.19. The van der Waals surface area contributed by atoms with E-state index in [1.165, 1.54) is 0 Å². The number of esters is 1. The first kappa shape index (κ1) is 25.0. The van der Waals surface area contributed by atoms with Gasteiger partial charge in [0.05, 0.1) is 0 Å². The van der Waals surface area contributed by atoms with E-state index in [-0.39, 0.29) is 11.3 Å². The lowest BCUT2D eigenvalue weighted by atomic mass is 9.88. The standard InChI is InChI=1S/C30H29NO5/c1-15-8-9-23-22(14-15)31-26(30(34)35-23)25(27(32)24-18(4)10-16(2)11-19(24)5)29(33)36-28-20(6)12-17(3)13-21(28)7/h8-14,25H,1-7H3. The Hall–Kier alpha value is -4.06. The molecule has 6 heteroatoms. The lowest BCUT2D eigenvalue weighted by molar-refractivity contribution is -0.135. The predicted molar refractivity (Wildman–Crippen MR) is 139 cm³/mol. The van der Waals surface area contributed by atoms with Crippen molar-refractivity contribution in [3.63, 3.8) is 0 Å². The minimum Gasteiger partial charge on any atom is -0.425 e. The summed E-state index contributed by atoms with van der Waals surface area (Å²) in [5.74, 6) is -2.65. The number of hydrogen-bond donors (Lipinski definition) is 0. The van der Waals surface area contributed by atoms with Crippen LogP contribution in [0.25, 0.3) is 11.1 Å². The van der Waals surface area contributed by atoms with Gasteiger partial charge in [0.1, 0.15) is 17.0 Å². The number of fused-ring (bicyclic) bond motifs is 1. The van der Waals surface area contributed by atoms with Gasteiger partial charge in [0.25, 0.3) is 0 Å². The maximum atomic E-state index is 14.0. The van der Waals surface area contributed by atoms with Crippen molar-refractivity contribution in [3.05, 3.63) is 103 Å². The zero-order chi connectivity index (χ0) is 26.3. The number of aromatic nitrogens is 1. The minimum absolute atomic E-state index is 0.279. The zero-order valence-electron chi connectivity index (χ0n) is 21.6. The van der Waals surface area contributed by atoms with E-state index >= 15 is 0 Å². The van der Waals surface area contributed by atoms with Crippen LogP contribution in [-0.4, -0.2) is 16.7 Å². The third-order valence-corrected chi connectivity index (χ3v) is 6.27. The van der Waals surface area contributed by atoms with Crippen LogP contribution in [0.2, 0.25) is 0 Å². The van der Waals surface area contributed by atoms with E-state index in [0.717, 1.165) is 27.8 Å². The Kier molecular flexibility index (Phi) is 6.63. The Morgan fingerprint density at radius 3 is 1.92 bits per heavy atom. The molecule has 6 nitrogen and oxygen atoms in total. The van der Waals surface area contributed by atoms with Crippen LogP contribution in [0.15, 0.2) is 51.7 Å². The zero-order valence-corrected chi connectivity index (χ0v) is 21.6. The normalized spacial score (nSPS) is 12.0. The fraction of sp³-hybridized carbons (Fsp3) is 0.267. The molecule has 1 atom stereocenters. The van der Waals surface area contributed by atoms with Crippen molar-refractivity contribution < 1.29 is 18.7 Å². The Labute approximate surface area is 209 Å². The quantitative estimate of drug-likeness (QED) is 0.152. The van der Waals surface area contributed by atoms with Gasteiger partial charge in [0, 0.05) is 5.56 Å². The second-order valence-corrected chi connectivity index (χ2v) is 9.58.